The molecule has 2 aromatic rings. The van der Waals surface area contributed by atoms with Crippen molar-refractivity contribution in [3.05, 3.63) is 33.9 Å². The van der Waals surface area contributed by atoms with Gasteiger partial charge in [0.05, 0.1) is 5.02 Å². The number of hydrogen-bond donors (Lipinski definition) is 1. The SMILES string of the molecule is Clc1cc(Br)cnc1N1CCCC(c2ncn[nH]2)C1. The van der Waals surface area contributed by atoms with Crippen LogP contribution < -0.4 is 4.90 Å². The van der Waals surface area contributed by atoms with Crippen molar-refractivity contribution >= 4 is 33.3 Å². The molecule has 3 rings (SSSR count). The molecule has 7 heteroatoms. The summed E-state index contributed by atoms with van der Waals surface area (Å²) in [4.78, 5) is 10.9. The summed E-state index contributed by atoms with van der Waals surface area (Å²) in [5.74, 6) is 2.14. The van der Waals surface area contributed by atoms with Crippen LogP contribution in [-0.2, 0) is 0 Å². The molecule has 19 heavy (non-hydrogen) atoms. The summed E-state index contributed by atoms with van der Waals surface area (Å²) in [6.07, 6.45) is 5.54. The van der Waals surface area contributed by atoms with E-state index < -0.39 is 0 Å². The summed E-state index contributed by atoms with van der Waals surface area (Å²) in [7, 11) is 0. The van der Waals surface area contributed by atoms with Crippen LogP contribution in [0.15, 0.2) is 23.1 Å². The van der Waals surface area contributed by atoms with Gasteiger partial charge in [0.15, 0.2) is 0 Å². The summed E-state index contributed by atoms with van der Waals surface area (Å²) in [6, 6.07) is 1.88. The number of H-pyrrole nitrogens is 1. The van der Waals surface area contributed by atoms with Crippen LogP contribution in [0.2, 0.25) is 5.02 Å². The van der Waals surface area contributed by atoms with E-state index in [0.717, 1.165) is 42.0 Å². The second-order valence-corrected chi connectivity index (χ2v) is 5.94. The summed E-state index contributed by atoms with van der Waals surface area (Å²) in [6.45, 7) is 1.84. The van der Waals surface area contributed by atoms with Crippen molar-refractivity contribution in [3.8, 4) is 0 Å². The number of nitrogens with zero attached hydrogens (tertiary/aromatic N) is 4. The Balaban J connectivity index is 1.81. The molecule has 0 spiro atoms. The van der Waals surface area contributed by atoms with Crippen LogP contribution in [-0.4, -0.2) is 33.3 Å². The van der Waals surface area contributed by atoms with Crippen molar-refractivity contribution in [2.45, 2.75) is 18.8 Å². The predicted octanol–water partition coefficient (Wildman–Crippen LogP) is 3.00. The van der Waals surface area contributed by atoms with Crippen molar-refractivity contribution in [1.82, 2.24) is 20.2 Å². The third-order valence-electron chi connectivity index (χ3n) is 3.33. The lowest BCUT2D eigenvalue weighted by molar-refractivity contribution is 0.490. The zero-order chi connectivity index (χ0) is 13.2. The smallest absolute Gasteiger partial charge is 0.147 e. The summed E-state index contributed by atoms with van der Waals surface area (Å²) >= 11 is 9.64. The Kier molecular flexibility index (Phi) is 3.70. The van der Waals surface area contributed by atoms with Crippen LogP contribution in [0, 0.1) is 0 Å². The van der Waals surface area contributed by atoms with E-state index in [1.54, 1.807) is 12.5 Å². The number of aromatic nitrogens is 4. The van der Waals surface area contributed by atoms with Crippen LogP contribution >= 0.6 is 27.5 Å². The highest BCUT2D eigenvalue weighted by molar-refractivity contribution is 9.10. The van der Waals surface area contributed by atoms with E-state index in [2.05, 4.69) is 41.0 Å². The number of nitrogens with one attached hydrogen (secondary N) is 1. The fourth-order valence-electron chi connectivity index (χ4n) is 2.44. The Morgan fingerprint density at radius 3 is 3.05 bits per heavy atom. The largest absolute Gasteiger partial charge is 0.355 e. The van der Waals surface area contributed by atoms with Gasteiger partial charge >= 0.3 is 0 Å². The Morgan fingerprint density at radius 1 is 1.42 bits per heavy atom. The Morgan fingerprint density at radius 2 is 2.32 bits per heavy atom. The van der Waals surface area contributed by atoms with Crippen molar-refractivity contribution < 1.29 is 0 Å². The number of pyridine rings is 1. The van der Waals surface area contributed by atoms with E-state index in [-0.39, 0.29) is 0 Å². The van der Waals surface area contributed by atoms with Crippen molar-refractivity contribution in [2.75, 3.05) is 18.0 Å². The van der Waals surface area contributed by atoms with Gasteiger partial charge in [-0.3, -0.25) is 5.10 Å². The number of hydrogen-bond acceptors (Lipinski definition) is 4. The quantitative estimate of drug-likeness (QED) is 0.911. The molecule has 1 fully saturated rings. The van der Waals surface area contributed by atoms with Gasteiger partial charge in [-0.1, -0.05) is 11.6 Å². The van der Waals surface area contributed by atoms with Gasteiger partial charge in [0.2, 0.25) is 0 Å². The summed E-state index contributed by atoms with van der Waals surface area (Å²) in [5, 5.41) is 7.55. The highest BCUT2D eigenvalue weighted by Crippen LogP contribution is 2.32. The number of halogens is 2. The molecule has 0 saturated carbocycles. The zero-order valence-corrected chi connectivity index (χ0v) is 12.5. The number of rotatable bonds is 2. The molecule has 1 saturated heterocycles. The topological polar surface area (TPSA) is 57.7 Å². The van der Waals surface area contributed by atoms with Crippen LogP contribution in [0.4, 0.5) is 5.82 Å². The molecule has 1 aliphatic heterocycles. The first-order valence-electron chi connectivity index (χ1n) is 6.15. The first-order chi connectivity index (χ1) is 9.24. The van der Waals surface area contributed by atoms with Crippen LogP contribution in [0.1, 0.15) is 24.6 Å². The number of piperidine rings is 1. The van der Waals surface area contributed by atoms with Gasteiger partial charge in [-0.25, -0.2) is 9.97 Å². The minimum absolute atomic E-state index is 0.359. The second kappa shape index (κ2) is 5.46. The highest BCUT2D eigenvalue weighted by Gasteiger charge is 2.25. The molecule has 0 amide bonds. The Bertz CT molecular complexity index is 559. The predicted molar refractivity (Wildman–Crippen MR) is 77.5 cm³/mol. The molecular formula is C12H13BrClN5. The zero-order valence-electron chi connectivity index (χ0n) is 10.2. The van der Waals surface area contributed by atoms with Gasteiger partial charge in [-0.2, -0.15) is 5.10 Å². The van der Waals surface area contributed by atoms with E-state index in [1.807, 2.05) is 6.07 Å². The highest BCUT2D eigenvalue weighted by atomic mass is 79.9. The molecule has 0 aromatic carbocycles. The normalized spacial score (nSPS) is 19.7. The van der Waals surface area contributed by atoms with Crippen molar-refractivity contribution in [2.24, 2.45) is 0 Å². The van der Waals surface area contributed by atoms with Crippen molar-refractivity contribution in [1.29, 1.82) is 0 Å². The van der Waals surface area contributed by atoms with Crippen LogP contribution in [0.3, 0.4) is 0 Å². The molecule has 1 unspecified atom stereocenters. The fraction of sp³-hybridized carbons (Fsp3) is 0.417. The average Bonchev–Trinajstić information content (AvgIpc) is 2.93. The monoisotopic (exact) mass is 341 g/mol. The first-order valence-corrected chi connectivity index (χ1v) is 7.32. The van der Waals surface area contributed by atoms with Crippen molar-refractivity contribution in [3.63, 3.8) is 0 Å². The van der Waals surface area contributed by atoms with Gasteiger partial charge in [0.25, 0.3) is 0 Å². The summed E-state index contributed by atoms with van der Waals surface area (Å²) in [5.41, 5.74) is 0. The maximum atomic E-state index is 6.27. The maximum Gasteiger partial charge on any atom is 0.147 e. The second-order valence-electron chi connectivity index (χ2n) is 4.61. The minimum Gasteiger partial charge on any atom is -0.355 e. The lowest BCUT2D eigenvalue weighted by atomic mass is 9.97. The molecule has 0 radical (unpaired) electrons. The molecule has 1 atom stereocenters. The molecule has 100 valence electrons. The molecule has 3 heterocycles. The lowest BCUT2D eigenvalue weighted by Crippen LogP contribution is -2.35. The van der Waals surface area contributed by atoms with Gasteiger partial charge in [0, 0.05) is 29.7 Å². The van der Waals surface area contributed by atoms with Gasteiger partial charge in [0.1, 0.15) is 18.0 Å². The van der Waals surface area contributed by atoms with E-state index in [1.165, 1.54) is 0 Å². The van der Waals surface area contributed by atoms with E-state index in [9.17, 15) is 0 Å². The number of aromatic amines is 1. The minimum atomic E-state index is 0.359. The third-order valence-corrected chi connectivity index (χ3v) is 4.04. The van der Waals surface area contributed by atoms with E-state index >= 15 is 0 Å². The number of anilines is 1. The van der Waals surface area contributed by atoms with Crippen LogP contribution in [0.25, 0.3) is 0 Å². The van der Waals surface area contributed by atoms with Gasteiger partial charge in [-0.05, 0) is 34.8 Å². The molecular weight excluding hydrogens is 330 g/mol. The molecule has 0 aliphatic carbocycles. The van der Waals surface area contributed by atoms with E-state index in [0.29, 0.717) is 10.9 Å². The van der Waals surface area contributed by atoms with Crippen LogP contribution in [0.5, 0.6) is 0 Å². The molecule has 2 aromatic heterocycles. The van der Waals surface area contributed by atoms with Gasteiger partial charge in [-0.15, -0.1) is 0 Å². The molecule has 1 N–H and O–H groups in total. The Hall–Kier alpha value is -1.14. The fourth-order valence-corrected chi connectivity index (χ4v) is 3.19. The maximum absolute atomic E-state index is 6.27. The van der Waals surface area contributed by atoms with Gasteiger partial charge < -0.3 is 4.90 Å². The Labute approximate surface area is 124 Å². The molecule has 5 nitrogen and oxygen atoms in total. The van der Waals surface area contributed by atoms with E-state index in [4.69, 9.17) is 11.6 Å². The molecule has 1 aliphatic rings. The molecule has 0 bridgehead atoms. The standard InChI is InChI=1S/C12H13BrClN5/c13-9-4-10(14)12(15-5-9)19-3-1-2-8(6-19)11-16-7-17-18-11/h4-5,7-8H,1-3,6H2,(H,16,17,18). The average molecular weight is 343 g/mol. The summed E-state index contributed by atoms with van der Waals surface area (Å²) < 4.78 is 0.894. The first kappa shape index (κ1) is 12.9. The third kappa shape index (κ3) is 2.74. The lowest BCUT2D eigenvalue weighted by Gasteiger charge is -2.33.